The highest BCUT2D eigenvalue weighted by Crippen LogP contribution is 2.12. The Morgan fingerprint density at radius 2 is 1.12 bits per heavy atom. The van der Waals surface area contributed by atoms with Crippen molar-refractivity contribution in [1.29, 1.82) is 0 Å². The van der Waals surface area contributed by atoms with Crippen molar-refractivity contribution >= 4 is 8.07 Å². The van der Waals surface area contributed by atoms with E-state index in [1.165, 1.54) is 17.2 Å². The van der Waals surface area contributed by atoms with Crippen LogP contribution in [0.1, 0.15) is 47.8 Å². The fourth-order valence-electron chi connectivity index (χ4n) is 1.51. The molecule has 0 aliphatic carbocycles. The summed E-state index contributed by atoms with van der Waals surface area (Å²) in [6.07, 6.45) is 1.15. The quantitative estimate of drug-likeness (QED) is 0.564. The Bertz CT molecular complexity index is 254. The van der Waals surface area contributed by atoms with Crippen LogP contribution >= 0.6 is 0 Å². The Morgan fingerprint density at radius 3 is 1.41 bits per heavy atom. The molecule has 0 fully saturated rings. The molecule has 0 saturated carbocycles. The van der Waals surface area contributed by atoms with Gasteiger partial charge in [-0.3, -0.25) is 0 Å². The largest absolute Gasteiger partial charge is 0.0776 e. The van der Waals surface area contributed by atoms with Crippen molar-refractivity contribution in [2.75, 3.05) is 0 Å². The van der Waals surface area contributed by atoms with Gasteiger partial charge in [0, 0.05) is 8.07 Å². The van der Waals surface area contributed by atoms with Gasteiger partial charge in [0.25, 0.3) is 0 Å². The lowest BCUT2D eigenvalue weighted by molar-refractivity contribution is 1.13. The number of benzene rings is 1. The Hall–Kier alpha value is -0.563. The van der Waals surface area contributed by atoms with Gasteiger partial charge in [0.2, 0.25) is 0 Å². The number of rotatable bonds is 3. The van der Waals surface area contributed by atoms with Crippen LogP contribution in [0.3, 0.4) is 0 Å². The van der Waals surface area contributed by atoms with Crippen LogP contribution in [0.15, 0.2) is 24.3 Å². The third kappa shape index (κ3) is 10.3. The molecule has 104 valence electrons. The molecule has 0 unspecified atom stereocenters. The van der Waals surface area contributed by atoms with Crippen molar-refractivity contribution in [3.63, 3.8) is 0 Å². The third-order valence-electron chi connectivity index (χ3n) is 2.17. The molecular weight excluding hydrogens is 220 g/mol. The normalized spacial score (nSPS) is 8.94. The summed E-state index contributed by atoms with van der Waals surface area (Å²) in [4.78, 5) is 0. The fourth-order valence-corrected chi connectivity index (χ4v) is 2.97. The molecule has 0 amide bonds. The second-order valence-electron chi connectivity index (χ2n) is 4.91. The zero-order chi connectivity index (χ0) is 9.90. The van der Waals surface area contributed by atoms with E-state index < -0.39 is 8.07 Å². The van der Waals surface area contributed by atoms with Gasteiger partial charge in [-0.2, -0.15) is 0 Å². The maximum Gasteiger partial charge on any atom is 0.0487 e. The van der Waals surface area contributed by atoms with Gasteiger partial charge in [0.05, 0.1) is 0 Å². The van der Waals surface area contributed by atoms with Crippen LogP contribution in [0, 0.1) is 0 Å². The SMILES string of the molecule is C.C.C.C.CCc1ccc(C[Si](C)(C)C)cc1. The third-order valence-corrected chi connectivity index (χ3v) is 3.63. The van der Waals surface area contributed by atoms with Crippen LogP contribution in [0.2, 0.25) is 19.6 Å². The lowest BCUT2D eigenvalue weighted by Crippen LogP contribution is -2.23. The molecule has 1 aromatic carbocycles. The van der Waals surface area contributed by atoms with Crippen LogP contribution < -0.4 is 0 Å². The van der Waals surface area contributed by atoms with Crippen molar-refractivity contribution in [1.82, 2.24) is 0 Å². The standard InChI is InChI=1S/C12H20Si.4CH4/c1-5-11-6-8-12(9-7-11)10-13(2,3)4;;;;/h6-9H,5,10H2,1-4H3;4*1H4. The van der Waals surface area contributed by atoms with Crippen molar-refractivity contribution in [2.24, 2.45) is 0 Å². The minimum absolute atomic E-state index is 0. The van der Waals surface area contributed by atoms with Gasteiger partial charge >= 0.3 is 0 Å². The average molecular weight is 257 g/mol. The van der Waals surface area contributed by atoms with E-state index >= 15 is 0 Å². The number of aryl methyl sites for hydroxylation is 1. The predicted octanol–water partition coefficient (Wildman–Crippen LogP) is 6.21. The average Bonchev–Trinajstić information content (AvgIpc) is 2.03. The Kier molecular flexibility index (Phi) is 15.8. The molecule has 1 heteroatoms. The van der Waals surface area contributed by atoms with Gasteiger partial charge in [0.1, 0.15) is 0 Å². The van der Waals surface area contributed by atoms with Gasteiger partial charge in [0.15, 0.2) is 0 Å². The number of hydrogen-bond acceptors (Lipinski definition) is 0. The topological polar surface area (TPSA) is 0 Å². The first kappa shape index (κ1) is 25.3. The highest BCUT2D eigenvalue weighted by Gasteiger charge is 2.13. The molecule has 0 nitrogen and oxygen atoms in total. The molecule has 0 spiro atoms. The lowest BCUT2D eigenvalue weighted by Gasteiger charge is -2.15. The molecule has 0 bridgehead atoms. The van der Waals surface area contributed by atoms with Crippen LogP contribution in [0.25, 0.3) is 0 Å². The van der Waals surface area contributed by atoms with E-state index in [1.807, 2.05) is 0 Å². The van der Waals surface area contributed by atoms with E-state index in [9.17, 15) is 0 Å². The van der Waals surface area contributed by atoms with Crippen molar-refractivity contribution < 1.29 is 0 Å². The molecule has 0 radical (unpaired) electrons. The smallest absolute Gasteiger partial charge is 0.0487 e. The van der Waals surface area contributed by atoms with E-state index in [0.717, 1.165) is 6.42 Å². The van der Waals surface area contributed by atoms with Crippen LogP contribution in [0.4, 0.5) is 0 Å². The van der Waals surface area contributed by atoms with Crippen molar-refractivity contribution in [2.45, 2.75) is 68.7 Å². The summed E-state index contributed by atoms with van der Waals surface area (Å²) in [5.41, 5.74) is 2.95. The second-order valence-corrected chi connectivity index (χ2v) is 10.4. The van der Waals surface area contributed by atoms with Crippen LogP contribution in [-0.4, -0.2) is 8.07 Å². The first-order chi connectivity index (χ1) is 6.01. The van der Waals surface area contributed by atoms with Crippen LogP contribution in [-0.2, 0) is 12.5 Å². The zero-order valence-corrected chi connectivity index (χ0v) is 10.2. The predicted molar refractivity (Wildman–Crippen MR) is 89.8 cm³/mol. The van der Waals surface area contributed by atoms with Gasteiger partial charge in [-0.1, -0.05) is 86.1 Å². The van der Waals surface area contributed by atoms with Gasteiger partial charge in [-0.25, -0.2) is 0 Å². The Labute approximate surface area is 112 Å². The zero-order valence-electron chi connectivity index (χ0n) is 9.22. The maximum absolute atomic E-state index is 2.42. The molecular formula is C16H36Si. The van der Waals surface area contributed by atoms with E-state index in [1.54, 1.807) is 0 Å². The number of hydrogen-bond donors (Lipinski definition) is 0. The minimum atomic E-state index is -0.926. The molecule has 0 aliphatic rings. The Balaban J connectivity index is -0.000000211. The monoisotopic (exact) mass is 256 g/mol. The summed E-state index contributed by atoms with van der Waals surface area (Å²) in [5, 5.41) is 0. The summed E-state index contributed by atoms with van der Waals surface area (Å²) in [5.74, 6) is 0. The van der Waals surface area contributed by atoms with E-state index in [2.05, 4.69) is 50.8 Å². The van der Waals surface area contributed by atoms with Crippen LogP contribution in [0.5, 0.6) is 0 Å². The first-order valence-corrected chi connectivity index (χ1v) is 8.80. The molecule has 0 aliphatic heterocycles. The molecule has 1 aromatic rings. The van der Waals surface area contributed by atoms with Gasteiger partial charge in [-0.05, 0) is 18.0 Å². The van der Waals surface area contributed by atoms with Gasteiger partial charge in [-0.15, -0.1) is 0 Å². The minimum Gasteiger partial charge on any atom is -0.0776 e. The molecule has 0 N–H and O–H groups in total. The second kappa shape index (κ2) is 10.6. The highest BCUT2D eigenvalue weighted by atomic mass is 28.3. The first-order valence-electron chi connectivity index (χ1n) is 5.09. The fraction of sp³-hybridized carbons (Fsp3) is 0.625. The summed E-state index contributed by atoms with van der Waals surface area (Å²) < 4.78 is 0. The molecule has 17 heavy (non-hydrogen) atoms. The Morgan fingerprint density at radius 1 is 0.765 bits per heavy atom. The summed E-state index contributed by atoms with van der Waals surface area (Å²) in [6.45, 7) is 9.45. The lowest BCUT2D eigenvalue weighted by atomic mass is 10.1. The highest BCUT2D eigenvalue weighted by molar-refractivity contribution is 6.75. The van der Waals surface area contributed by atoms with E-state index in [-0.39, 0.29) is 29.7 Å². The molecule has 0 saturated heterocycles. The van der Waals surface area contributed by atoms with Crippen molar-refractivity contribution in [3.8, 4) is 0 Å². The molecule has 0 heterocycles. The summed E-state index contributed by atoms with van der Waals surface area (Å²) >= 11 is 0. The summed E-state index contributed by atoms with van der Waals surface area (Å²) in [7, 11) is -0.926. The van der Waals surface area contributed by atoms with E-state index in [4.69, 9.17) is 0 Å². The van der Waals surface area contributed by atoms with Crippen molar-refractivity contribution in [3.05, 3.63) is 35.4 Å². The van der Waals surface area contributed by atoms with Gasteiger partial charge < -0.3 is 0 Å². The maximum atomic E-state index is 2.42. The van der Waals surface area contributed by atoms with E-state index in [0.29, 0.717) is 0 Å². The molecule has 0 atom stereocenters. The molecule has 1 rings (SSSR count). The molecule has 0 aromatic heterocycles. The summed E-state index contributed by atoms with van der Waals surface area (Å²) in [6, 6.07) is 10.4.